The molecule has 3 rings (SSSR count). The van der Waals surface area contributed by atoms with Crippen molar-refractivity contribution in [2.75, 3.05) is 6.54 Å². The van der Waals surface area contributed by atoms with Crippen molar-refractivity contribution in [1.82, 2.24) is 15.1 Å². The average molecular weight is 317 g/mol. The SMILES string of the molecule is Cc1csc(C(=O)NCCn2nc3c(cc2=O)CCCC3)c1. The summed E-state index contributed by atoms with van der Waals surface area (Å²) in [5.41, 5.74) is 3.13. The first-order chi connectivity index (χ1) is 10.6. The average Bonchev–Trinajstić information content (AvgIpc) is 2.94. The number of fused-ring (bicyclic) bond motifs is 1. The van der Waals surface area contributed by atoms with Crippen LogP contribution in [0.4, 0.5) is 0 Å². The van der Waals surface area contributed by atoms with Crippen molar-refractivity contribution in [2.24, 2.45) is 0 Å². The van der Waals surface area contributed by atoms with Crippen LogP contribution in [0, 0.1) is 6.92 Å². The summed E-state index contributed by atoms with van der Waals surface area (Å²) in [5, 5.41) is 9.23. The molecule has 2 aromatic heterocycles. The van der Waals surface area contributed by atoms with E-state index in [9.17, 15) is 9.59 Å². The fraction of sp³-hybridized carbons (Fsp3) is 0.438. The van der Waals surface area contributed by atoms with Crippen LogP contribution in [0.1, 0.15) is 39.3 Å². The normalized spacial score (nSPS) is 13.7. The zero-order valence-corrected chi connectivity index (χ0v) is 13.4. The number of thiophene rings is 1. The van der Waals surface area contributed by atoms with E-state index in [1.165, 1.54) is 16.0 Å². The molecule has 0 unspecified atom stereocenters. The summed E-state index contributed by atoms with van der Waals surface area (Å²) in [5.74, 6) is -0.0934. The summed E-state index contributed by atoms with van der Waals surface area (Å²) < 4.78 is 1.46. The standard InChI is InChI=1S/C16H19N3O2S/c1-11-8-14(22-10-11)16(21)17-6-7-19-15(20)9-12-4-2-3-5-13(12)18-19/h8-10H,2-7H2,1H3,(H,17,21). The second kappa shape index (κ2) is 6.44. The van der Waals surface area contributed by atoms with Crippen LogP contribution in [0.15, 0.2) is 22.3 Å². The number of aryl methyl sites for hydroxylation is 3. The molecule has 0 aromatic carbocycles. The molecule has 1 amide bonds. The van der Waals surface area contributed by atoms with Crippen molar-refractivity contribution in [2.45, 2.75) is 39.2 Å². The maximum absolute atomic E-state index is 12.0. The van der Waals surface area contributed by atoms with Gasteiger partial charge in [0, 0.05) is 12.6 Å². The topological polar surface area (TPSA) is 64.0 Å². The van der Waals surface area contributed by atoms with Crippen molar-refractivity contribution in [3.63, 3.8) is 0 Å². The number of hydrogen-bond acceptors (Lipinski definition) is 4. The van der Waals surface area contributed by atoms with Crippen LogP contribution in [0.3, 0.4) is 0 Å². The molecule has 116 valence electrons. The lowest BCUT2D eigenvalue weighted by atomic mass is 9.97. The summed E-state index contributed by atoms with van der Waals surface area (Å²) in [7, 11) is 0. The third-order valence-electron chi connectivity index (χ3n) is 3.84. The van der Waals surface area contributed by atoms with Gasteiger partial charge in [-0.3, -0.25) is 9.59 Å². The zero-order chi connectivity index (χ0) is 15.5. The Morgan fingerprint density at radius 1 is 1.36 bits per heavy atom. The number of rotatable bonds is 4. The molecule has 0 bridgehead atoms. The van der Waals surface area contributed by atoms with E-state index in [1.807, 2.05) is 18.4 Å². The molecule has 1 N–H and O–H groups in total. The first kappa shape index (κ1) is 15.0. The second-order valence-corrected chi connectivity index (χ2v) is 6.54. The summed E-state index contributed by atoms with van der Waals surface area (Å²) in [6.45, 7) is 2.77. The quantitative estimate of drug-likeness (QED) is 0.937. The lowest BCUT2D eigenvalue weighted by Gasteiger charge is -2.15. The van der Waals surface area contributed by atoms with E-state index in [1.54, 1.807) is 6.07 Å². The molecule has 0 atom stereocenters. The van der Waals surface area contributed by atoms with Gasteiger partial charge in [-0.05, 0) is 55.2 Å². The Morgan fingerprint density at radius 2 is 2.18 bits per heavy atom. The summed E-state index contributed by atoms with van der Waals surface area (Å²) in [6, 6.07) is 3.56. The number of amides is 1. The smallest absolute Gasteiger partial charge is 0.267 e. The van der Waals surface area contributed by atoms with Gasteiger partial charge in [-0.15, -0.1) is 11.3 Å². The Kier molecular flexibility index (Phi) is 4.38. The van der Waals surface area contributed by atoms with Gasteiger partial charge in [0.2, 0.25) is 0 Å². The van der Waals surface area contributed by atoms with Crippen molar-refractivity contribution >= 4 is 17.2 Å². The van der Waals surface area contributed by atoms with Crippen LogP contribution in [0.5, 0.6) is 0 Å². The van der Waals surface area contributed by atoms with Crippen LogP contribution in [-0.2, 0) is 19.4 Å². The molecular formula is C16H19N3O2S. The molecule has 0 saturated heterocycles. The summed E-state index contributed by atoms with van der Waals surface area (Å²) in [6.07, 6.45) is 4.16. The van der Waals surface area contributed by atoms with Crippen LogP contribution in [-0.4, -0.2) is 22.2 Å². The van der Waals surface area contributed by atoms with Crippen LogP contribution >= 0.6 is 11.3 Å². The molecule has 2 aromatic rings. The molecule has 0 saturated carbocycles. The molecule has 22 heavy (non-hydrogen) atoms. The molecule has 0 spiro atoms. The zero-order valence-electron chi connectivity index (χ0n) is 12.6. The molecule has 5 nitrogen and oxygen atoms in total. The van der Waals surface area contributed by atoms with Crippen LogP contribution < -0.4 is 10.9 Å². The van der Waals surface area contributed by atoms with Gasteiger partial charge in [0.05, 0.1) is 17.1 Å². The van der Waals surface area contributed by atoms with Gasteiger partial charge in [0.25, 0.3) is 11.5 Å². The summed E-state index contributed by atoms with van der Waals surface area (Å²) >= 11 is 1.43. The van der Waals surface area contributed by atoms with Crippen molar-refractivity contribution in [1.29, 1.82) is 0 Å². The third kappa shape index (κ3) is 3.27. The van der Waals surface area contributed by atoms with Gasteiger partial charge in [0.15, 0.2) is 0 Å². The summed E-state index contributed by atoms with van der Waals surface area (Å²) in [4.78, 5) is 24.7. The number of carbonyl (C=O) groups is 1. The first-order valence-electron chi connectivity index (χ1n) is 7.57. The van der Waals surface area contributed by atoms with Gasteiger partial charge in [0.1, 0.15) is 0 Å². The van der Waals surface area contributed by atoms with E-state index in [2.05, 4.69) is 10.4 Å². The minimum atomic E-state index is -0.0934. The number of hydrogen-bond donors (Lipinski definition) is 1. The minimum Gasteiger partial charge on any atom is -0.349 e. The predicted octanol–water partition coefficient (Wildman–Crippen LogP) is 1.92. The van der Waals surface area contributed by atoms with E-state index in [4.69, 9.17) is 0 Å². The Hall–Kier alpha value is -1.95. The number of nitrogens with one attached hydrogen (secondary N) is 1. The Balaban J connectivity index is 1.62. The largest absolute Gasteiger partial charge is 0.349 e. The van der Waals surface area contributed by atoms with Crippen molar-refractivity contribution in [3.8, 4) is 0 Å². The molecular weight excluding hydrogens is 298 g/mol. The van der Waals surface area contributed by atoms with Crippen molar-refractivity contribution < 1.29 is 4.79 Å². The van der Waals surface area contributed by atoms with Crippen LogP contribution in [0.2, 0.25) is 0 Å². The highest BCUT2D eigenvalue weighted by atomic mass is 32.1. The Bertz CT molecular complexity index is 748. The first-order valence-corrected chi connectivity index (χ1v) is 8.45. The molecule has 1 aliphatic rings. The van der Waals surface area contributed by atoms with E-state index < -0.39 is 0 Å². The lowest BCUT2D eigenvalue weighted by molar-refractivity contribution is 0.0955. The molecule has 0 fully saturated rings. The highest BCUT2D eigenvalue weighted by Gasteiger charge is 2.13. The second-order valence-electron chi connectivity index (χ2n) is 5.63. The maximum atomic E-state index is 12.0. The maximum Gasteiger partial charge on any atom is 0.267 e. The molecule has 2 heterocycles. The van der Waals surface area contributed by atoms with Crippen LogP contribution in [0.25, 0.3) is 0 Å². The number of nitrogens with zero attached hydrogens (tertiary/aromatic N) is 2. The van der Waals surface area contributed by atoms with E-state index in [0.717, 1.165) is 42.5 Å². The van der Waals surface area contributed by atoms with E-state index >= 15 is 0 Å². The number of carbonyl (C=O) groups excluding carboxylic acids is 1. The molecule has 6 heteroatoms. The molecule has 0 radical (unpaired) electrons. The molecule has 1 aliphatic carbocycles. The van der Waals surface area contributed by atoms with Gasteiger partial charge in [-0.2, -0.15) is 5.10 Å². The monoisotopic (exact) mass is 317 g/mol. The minimum absolute atomic E-state index is 0.0816. The lowest BCUT2D eigenvalue weighted by Crippen LogP contribution is -2.33. The van der Waals surface area contributed by atoms with Gasteiger partial charge in [-0.25, -0.2) is 4.68 Å². The molecule has 0 aliphatic heterocycles. The fourth-order valence-electron chi connectivity index (χ4n) is 2.67. The Labute approximate surface area is 133 Å². The highest BCUT2D eigenvalue weighted by molar-refractivity contribution is 7.12. The number of aromatic nitrogens is 2. The predicted molar refractivity (Wildman–Crippen MR) is 86.5 cm³/mol. The third-order valence-corrected chi connectivity index (χ3v) is 4.88. The van der Waals surface area contributed by atoms with Gasteiger partial charge >= 0.3 is 0 Å². The Morgan fingerprint density at radius 3 is 2.95 bits per heavy atom. The van der Waals surface area contributed by atoms with Gasteiger partial charge < -0.3 is 5.32 Å². The van der Waals surface area contributed by atoms with Gasteiger partial charge in [-0.1, -0.05) is 0 Å². The van der Waals surface area contributed by atoms with Crippen molar-refractivity contribution in [3.05, 3.63) is 49.6 Å². The fourth-order valence-corrected chi connectivity index (χ4v) is 3.49. The van der Waals surface area contributed by atoms with E-state index in [-0.39, 0.29) is 11.5 Å². The van der Waals surface area contributed by atoms with E-state index in [0.29, 0.717) is 18.0 Å². The highest BCUT2D eigenvalue weighted by Crippen LogP contribution is 2.16.